The number of benzene rings is 1. The Bertz CT molecular complexity index is 370. The van der Waals surface area contributed by atoms with E-state index in [1.807, 2.05) is 30.3 Å². The molecule has 0 amide bonds. The highest BCUT2D eigenvalue weighted by atomic mass is 31.2. The highest BCUT2D eigenvalue weighted by Crippen LogP contribution is 2.47. The van der Waals surface area contributed by atoms with Gasteiger partial charge in [-0.1, -0.05) is 42.5 Å². The number of hydrogen-bond donors (Lipinski definition) is 0. The van der Waals surface area contributed by atoms with E-state index < -0.39 is 7.37 Å². The molecule has 0 fully saturated rings. The Hall–Kier alpha value is -1.11. The molecule has 1 aromatic rings. The molecule has 0 heterocycles. The molecule has 16 heavy (non-hydrogen) atoms. The van der Waals surface area contributed by atoms with Gasteiger partial charge in [-0.3, -0.25) is 4.57 Å². The summed E-state index contributed by atoms with van der Waals surface area (Å²) >= 11 is 0. The lowest BCUT2D eigenvalue weighted by Gasteiger charge is -2.15. The van der Waals surface area contributed by atoms with Crippen LogP contribution in [0.25, 0.3) is 0 Å². The first-order valence-corrected chi connectivity index (χ1v) is 7.18. The van der Waals surface area contributed by atoms with Crippen molar-refractivity contribution in [3.05, 3.63) is 61.2 Å². The Morgan fingerprint density at radius 2 is 1.69 bits per heavy atom. The Kier molecular flexibility index (Phi) is 5.24. The van der Waals surface area contributed by atoms with Crippen molar-refractivity contribution in [2.45, 2.75) is 6.61 Å². The topological polar surface area (TPSA) is 26.3 Å². The van der Waals surface area contributed by atoms with Crippen LogP contribution in [-0.4, -0.2) is 12.3 Å². The summed E-state index contributed by atoms with van der Waals surface area (Å²) in [4.78, 5) is 0. The van der Waals surface area contributed by atoms with Crippen molar-refractivity contribution < 1.29 is 9.09 Å². The molecule has 0 atom stereocenters. The molecule has 0 N–H and O–H groups in total. The molecule has 0 unspecified atom stereocenters. The van der Waals surface area contributed by atoms with Gasteiger partial charge in [0, 0.05) is 12.3 Å². The van der Waals surface area contributed by atoms with Crippen LogP contribution >= 0.6 is 7.37 Å². The molecule has 0 saturated carbocycles. The second-order valence-corrected chi connectivity index (χ2v) is 6.13. The molecule has 0 aliphatic carbocycles. The summed E-state index contributed by atoms with van der Waals surface area (Å²) in [5.41, 5.74) is 1.02. The van der Waals surface area contributed by atoms with E-state index in [9.17, 15) is 4.57 Å². The van der Waals surface area contributed by atoms with Crippen LogP contribution in [-0.2, 0) is 15.7 Å². The van der Waals surface area contributed by atoms with Crippen molar-refractivity contribution in [1.82, 2.24) is 0 Å². The second kappa shape index (κ2) is 6.47. The highest BCUT2D eigenvalue weighted by molar-refractivity contribution is 7.59. The minimum absolute atomic E-state index is 0.375. The zero-order valence-corrected chi connectivity index (χ0v) is 10.2. The Morgan fingerprint density at radius 3 is 2.19 bits per heavy atom. The Labute approximate surface area is 97.1 Å². The van der Waals surface area contributed by atoms with Gasteiger partial charge in [-0.15, -0.1) is 13.2 Å². The first kappa shape index (κ1) is 13.0. The zero-order valence-electron chi connectivity index (χ0n) is 9.34. The highest BCUT2D eigenvalue weighted by Gasteiger charge is 2.19. The van der Waals surface area contributed by atoms with Gasteiger partial charge in [-0.25, -0.2) is 0 Å². The average molecular weight is 236 g/mol. The molecule has 3 heteroatoms. The van der Waals surface area contributed by atoms with Gasteiger partial charge >= 0.3 is 0 Å². The Balaban J connectivity index is 2.60. The van der Waals surface area contributed by atoms with Gasteiger partial charge in [-0.2, -0.15) is 0 Å². The van der Waals surface area contributed by atoms with Crippen molar-refractivity contribution in [1.29, 1.82) is 0 Å². The van der Waals surface area contributed by atoms with Crippen LogP contribution in [0.2, 0.25) is 0 Å². The average Bonchev–Trinajstić information content (AvgIpc) is 2.29. The van der Waals surface area contributed by atoms with E-state index in [0.717, 1.165) is 5.56 Å². The minimum atomic E-state index is -2.62. The van der Waals surface area contributed by atoms with Crippen molar-refractivity contribution >= 4 is 7.37 Å². The molecule has 0 spiro atoms. The van der Waals surface area contributed by atoms with Gasteiger partial charge in [0.15, 0.2) is 0 Å². The van der Waals surface area contributed by atoms with Gasteiger partial charge in [0.2, 0.25) is 7.37 Å². The molecule has 1 aromatic carbocycles. The third kappa shape index (κ3) is 4.18. The maximum Gasteiger partial charge on any atom is 0.210 e. The van der Waals surface area contributed by atoms with E-state index >= 15 is 0 Å². The fourth-order valence-electron chi connectivity index (χ4n) is 1.34. The van der Waals surface area contributed by atoms with Gasteiger partial charge < -0.3 is 4.52 Å². The van der Waals surface area contributed by atoms with E-state index in [2.05, 4.69) is 13.2 Å². The third-order valence-electron chi connectivity index (χ3n) is 2.12. The first-order chi connectivity index (χ1) is 7.70. The predicted octanol–water partition coefficient (Wildman–Crippen LogP) is 3.85. The molecule has 0 aromatic heterocycles. The summed E-state index contributed by atoms with van der Waals surface area (Å²) in [6.07, 6.45) is 4.06. The fraction of sp³-hybridized carbons (Fsp3) is 0.231. The standard InChI is InChI=1S/C13H17O2P/c1-3-10-16(14,11-4-2)15-12-13-8-6-5-7-9-13/h3-9H,1-2,10-12H2. The molecule has 0 saturated heterocycles. The van der Waals surface area contributed by atoms with Crippen molar-refractivity contribution in [3.63, 3.8) is 0 Å². The van der Waals surface area contributed by atoms with Gasteiger partial charge in [0.25, 0.3) is 0 Å². The number of hydrogen-bond acceptors (Lipinski definition) is 2. The zero-order chi connectivity index (χ0) is 11.9. The quantitative estimate of drug-likeness (QED) is 0.531. The van der Waals surface area contributed by atoms with Crippen molar-refractivity contribution in [2.24, 2.45) is 0 Å². The van der Waals surface area contributed by atoms with Crippen molar-refractivity contribution in [2.75, 3.05) is 12.3 Å². The monoisotopic (exact) mass is 236 g/mol. The molecule has 0 aliphatic rings. The molecule has 1 rings (SSSR count). The molecule has 86 valence electrons. The minimum Gasteiger partial charge on any atom is -0.323 e. The first-order valence-electron chi connectivity index (χ1n) is 5.18. The van der Waals surface area contributed by atoms with E-state index in [-0.39, 0.29) is 0 Å². The largest absolute Gasteiger partial charge is 0.323 e. The lowest BCUT2D eigenvalue weighted by atomic mass is 10.2. The fourth-order valence-corrected chi connectivity index (χ4v) is 2.87. The maximum atomic E-state index is 12.2. The number of allylic oxidation sites excluding steroid dienone is 2. The molecule has 0 aliphatic heterocycles. The smallest absolute Gasteiger partial charge is 0.210 e. The second-order valence-electron chi connectivity index (χ2n) is 3.52. The lowest BCUT2D eigenvalue weighted by molar-refractivity contribution is 0.306. The summed E-state index contributed by atoms with van der Waals surface area (Å²) in [5, 5.41) is 0. The van der Waals surface area contributed by atoms with E-state index in [1.54, 1.807) is 12.2 Å². The SMILES string of the molecule is C=CCP(=O)(CC=C)OCc1ccccc1. The maximum absolute atomic E-state index is 12.2. The van der Waals surface area contributed by atoms with E-state index in [0.29, 0.717) is 18.9 Å². The van der Waals surface area contributed by atoms with Gasteiger partial charge in [-0.05, 0) is 5.56 Å². The van der Waals surface area contributed by atoms with Crippen LogP contribution in [0.4, 0.5) is 0 Å². The molecular weight excluding hydrogens is 219 g/mol. The van der Waals surface area contributed by atoms with Crippen LogP contribution in [0.1, 0.15) is 5.56 Å². The molecule has 2 nitrogen and oxygen atoms in total. The van der Waals surface area contributed by atoms with Gasteiger partial charge in [0.1, 0.15) is 0 Å². The normalized spacial score (nSPS) is 11.0. The summed E-state index contributed by atoms with van der Waals surface area (Å²) in [5.74, 6) is 0. The van der Waals surface area contributed by atoms with Crippen LogP contribution in [0.3, 0.4) is 0 Å². The lowest BCUT2D eigenvalue weighted by Crippen LogP contribution is -1.97. The van der Waals surface area contributed by atoms with Crippen molar-refractivity contribution in [3.8, 4) is 0 Å². The summed E-state index contributed by atoms with van der Waals surface area (Å²) in [6, 6.07) is 9.71. The van der Waals surface area contributed by atoms with Crippen LogP contribution in [0, 0.1) is 0 Å². The third-order valence-corrected chi connectivity index (χ3v) is 4.35. The summed E-state index contributed by atoms with van der Waals surface area (Å²) in [6.45, 7) is 7.57. The van der Waals surface area contributed by atoms with Crippen LogP contribution in [0.5, 0.6) is 0 Å². The summed E-state index contributed by atoms with van der Waals surface area (Å²) < 4.78 is 17.7. The molecule has 0 radical (unpaired) electrons. The predicted molar refractivity (Wildman–Crippen MR) is 69.0 cm³/mol. The summed E-state index contributed by atoms with van der Waals surface area (Å²) in [7, 11) is -2.62. The van der Waals surface area contributed by atoms with E-state index in [4.69, 9.17) is 4.52 Å². The van der Waals surface area contributed by atoms with Crippen LogP contribution in [0.15, 0.2) is 55.6 Å². The number of rotatable bonds is 7. The van der Waals surface area contributed by atoms with Gasteiger partial charge in [0.05, 0.1) is 6.61 Å². The molecule has 0 bridgehead atoms. The Morgan fingerprint density at radius 1 is 1.12 bits per heavy atom. The van der Waals surface area contributed by atoms with Crippen LogP contribution < -0.4 is 0 Å². The molecular formula is C13H17O2P. The van der Waals surface area contributed by atoms with E-state index in [1.165, 1.54) is 0 Å².